The molecule has 0 radical (unpaired) electrons. The van der Waals surface area contributed by atoms with Crippen molar-refractivity contribution in [2.24, 2.45) is 5.92 Å². The molecule has 3 aliphatic rings. The highest BCUT2D eigenvalue weighted by atomic mass is 16.7. The molecule has 0 spiro atoms. The monoisotopic (exact) mass is 381 g/mol. The molecule has 0 bridgehead atoms. The summed E-state index contributed by atoms with van der Waals surface area (Å²) in [5.74, 6) is 2.95. The maximum atomic E-state index is 13.3. The summed E-state index contributed by atoms with van der Waals surface area (Å²) >= 11 is 0. The first-order valence-corrected chi connectivity index (χ1v) is 9.88. The number of carbonyl (C=O) groups is 1. The second kappa shape index (κ2) is 7.26. The molecule has 1 unspecified atom stereocenters. The number of carbonyl (C=O) groups excluding carboxylic acids is 1. The summed E-state index contributed by atoms with van der Waals surface area (Å²) in [4.78, 5) is 13.3. The molecule has 2 aromatic rings. The van der Waals surface area contributed by atoms with Gasteiger partial charge in [0.1, 0.15) is 13.2 Å². The SMILES string of the molecule is O=C(Nc1ccc2c(c1)OCO2)C(c1ccc2c(c1)OCCO2)C1CCCC1. The average Bonchev–Trinajstić information content (AvgIpc) is 3.40. The highest BCUT2D eigenvalue weighted by molar-refractivity contribution is 5.96. The minimum Gasteiger partial charge on any atom is -0.486 e. The van der Waals surface area contributed by atoms with E-state index in [2.05, 4.69) is 5.32 Å². The van der Waals surface area contributed by atoms with E-state index in [0.29, 0.717) is 30.6 Å². The van der Waals surface area contributed by atoms with E-state index in [4.69, 9.17) is 18.9 Å². The summed E-state index contributed by atoms with van der Waals surface area (Å²) < 4.78 is 22.1. The fourth-order valence-electron chi connectivity index (χ4n) is 4.38. The molecule has 1 amide bonds. The molecule has 2 heterocycles. The molecular weight excluding hydrogens is 358 g/mol. The van der Waals surface area contributed by atoms with E-state index >= 15 is 0 Å². The normalized spacial score (nSPS) is 18.7. The summed E-state index contributed by atoms with van der Waals surface area (Å²) in [6.07, 6.45) is 4.47. The van der Waals surface area contributed by atoms with Gasteiger partial charge in [0.15, 0.2) is 23.0 Å². The highest BCUT2D eigenvalue weighted by Gasteiger charge is 2.33. The number of hydrogen-bond acceptors (Lipinski definition) is 5. The molecule has 1 fully saturated rings. The van der Waals surface area contributed by atoms with Crippen LogP contribution in [0.15, 0.2) is 36.4 Å². The third kappa shape index (κ3) is 3.23. The molecule has 6 heteroatoms. The molecule has 5 rings (SSSR count). The highest BCUT2D eigenvalue weighted by Crippen LogP contribution is 2.42. The van der Waals surface area contributed by atoms with Gasteiger partial charge in [0.05, 0.1) is 5.92 Å². The second-order valence-corrected chi connectivity index (χ2v) is 7.48. The molecule has 1 aliphatic carbocycles. The summed E-state index contributed by atoms with van der Waals surface area (Å²) in [5, 5.41) is 3.08. The zero-order valence-electron chi connectivity index (χ0n) is 15.6. The van der Waals surface area contributed by atoms with Crippen LogP contribution < -0.4 is 24.3 Å². The van der Waals surface area contributed by atoms with E-state index in [1.54, 1.807) is 0 Å². The summed E-state index contributed by atoms with van der Waals surface area (Å²) in [7, 11) is 0. The molecule has 0 aromatic heterocycles. The molecular formula is C22H23NO5. The lowest BCUT2D eigenvalue weighted by atomic mass is 9.84. The van der Waals surface area contributed by atoms with Crippen LogP contribution in [0.1, 0.15) is 37.2 Å². The number of fused-ring (bicyclic) bond motifs is 2. The number of benzene rings is 2. The van der Waals surface area contributed by atoms with Crippen molar-refractivity contribution in [2.45, 2.75) is 31.6 Å². The Morgan fingerprint density at radius 2 is 1.54 bits per heavy atom. The van der Waals surface area contributed by atoms with Crippen molar-refractivity contribution >= 4 is 11.6 Å². The van der Waals surface area contributed by atoms with Crippen LogP contribution in [0.2, 0.25) is 0 Å². The molecule has 1 saturated carbocycles. The second-order valence-electron chi connectivity index (χ2n) is 7.48. The van der Waals surface area contributed by atoms with E-state index in [9.17, 15) is 4.79 Å². The van der Waals surface area contributed by atoms with Crippen molar-refractivity contribution in [3.63, 3.8) is 0 Å². The molecule has 28 heavy (non-hydrogen) atoms. The topological polar surface area (TPSA) is 66.0 Å². The first-order valence-electron chi connectivity index (χ1n) is 9.88. The van der Waals surface area contributed by atoms with E-state index in [1.165, 1.54) is 12.8 Å². The zero-order valence-corrected chi connectivity index (χ0v) is 15.6. The van der Waals surface area contributed by atoms with Gasteiger partial charge in [-0.2, -0.15) is 0 Å². The van der Waals surface area contributed by atoms with Crippen LogP contribution in [-0.4, -0.2) is 25.9 Å². The molecule has 0 saturated heterocycles. The Labute approximate surface area is 163 Å². The van der Waals surface area contributed by atoms with Crippen LogP contribution in [0.3, 0.4) is 0 Å². The third-order valence-electron chi connectivity index (χ3n) is 5.72. The maximum Gasteiger partial charge on any atom is 0.232 e. The lowest BCUT2D eigenvalue weighted by Crippen LogP contribution is -2.27. The van der Waals surface area contributed by atoms with Crippen molar-refractivity contribution in [3.8, 4) is 23.0 Å². The van der Waals surface area contributed by atoms with E-state index < -0.39 is 0 Å². The number of rotatable bonds is 4. The number of anilines is 1. The van der Waals surface area contributed by atoms with Gasteiger partial charge in [-0.3, -0.25) is 4.79 Å². The summed E-state index contributed by atoms with van der Waals surface area (Å²) in [6, 6.07) is 11.4. The Balaban J connectivity index is 1.42. The van der Waals surface area contributed by atoms with Gasteiger partial charge in [0.2, 0.25) is 12.7 Å². The first kappa shape index (κ1) is 17.2. The first-order chi connectivity index (χ1) is 13.8. The molecule has 1 atom stereocenters. The lowest BCUT2D eigenvalue weighted by Gasteiger charge is -2.25. The van der Waals surface area contributed by atoms with E-state index in [1.807, 2.05) is 36.4 Å². The number of nitrogens with one attached hydrogen (secondary N) is 1. The van der Waals surface area contributed by atoms with Gasteiger partial charge in [-0.25, -0.2) is 0 Å². The van der Waals surface area contributed by atoms with E-state index in [0.717, 1.165) is 35.6 Å². The number of hydrogen-bond donors (Lipinski definition) is 1. The van der Waals surface area contributed by atoms with Gasteiger partial charge in [0, 0.05) is 11.8 Å². The predicted octanol–water partition coefficient (Wildman–Crippen LogP) is 4.10. The largest absolute Gasteiger partial charge is 0.486 e. The smallest absolute Gasteiger partial charge is 0.232 e. The zero-order chi connectivity index (χ0) is 18.9. The fourth-order valence-corrected chi connectivity index (χ4v) is 4.38. The molecule has 2 aliphatic heterocycles. The lowest BCUT2D eigenvalue weighted by molar-refractivity contribution is -0.118. The quantitative estimate of drug-likeness (QED) is 0.864. The average molecular weight is 381 g/mol. The Kier molecular flexibility index (Phi) is 4.47. The molecule has 146 valence electrons. The van der Waals surface area contributed by atoms with Crippen LogP contribution in [0.5, 0.6) is 23.0 Å². The summed E-state index contributed by atoms with van der Waals surface area (Å²) in [5.41, 5.74) is 1.70. The Hall–Kier alpha value is -2.89. The van der Waals surface area contributed by atoms with Gasteiger partial charge in [0.25, 0.3) is 0 Å². The van der Waals surface area contributed by atoms with Crippen molar-refractivity contribution in [1.29, 1.82) is 0 Å². The van der Waals surface area contributed by atoms with Crippen LogP contribution in [0.4, 0.5) is 5.69 Å². The minimum absolute atomic E-state index is 0.00226. The molecule has 1 N–H and O–H groups in total. The minimum atomic E-state index is -0.219. The number of amides is 1. The maximum absolute atomic E-state index is 13.3. The Bertz CT molecular complexity index is 890. The van der Waals surface area contributed by atoms with Crippen molar-refractivity contribution in [1.82, 2.24) is 0 Å². The molecule has 2 aromatic carbocycles. The van der Waals surface area contributed by atoms with Gasteiger partial charge in [-0.05, 0) is 48.6 Å². The number of ether oxygens (including phenoxy) is 4. The fraction of sp³-hybridized carbons (Fsp3) is 0.409. The van der Waals surface area contributed by atoms with Gasteiger partial charge in [-0.15, -0.1) is 0 Å². The van der Waals surface area contributed by atoms with Crippen LogP contribution in [0.25, 0.3) is 0 Å². The summed E-state index contributed by atoms with van der Waals surface area (Å²) in [6.45, 7) is 1.31. The van der Waals surface area contributed by atoms with Crippen LogP contribution in [-0.2, 0) is 4.79 Å². The Morgan fingerprint density at radius 1 is 0.857 bits per heavy atom. The van der Waals surface area contributed by atoms with Crippen molar-refractivity contribution in [3.05, 3.63) is 42.0 Å². The Morgan fingerprint density at radius 3 is 2.39 bits per heavy atom. The van der Waals surface area contributed by atoms with E-state index in [-0.39, 0.29) is 18.6 Å². The van der Waals surface area contributed by atoms with Gasteiger partial charge >= 0.3 is 0 Å². The van der Waals surface area contributed by atoms with Crippen LogP contribution >= 0.6 is 0 Å². The van der Waals surface area contributed by atoms with Gasteiger partial charge in [-0.1, -0.05) is 18.9 Å². The van der Waals surface area contributed by atoms with Crippen LogP contribution in [0, 0.1) is 5.92 Å². The van der Waals surface area contributed by atoms with Crippen molar-refractivity contribution < 1.29 is 23.7 Å². The van der Waals surface area contributed by atoms with Crippen molar-refractivity contribution in [2.75, 3.05) is 25.3 Å². The van der Waals surface area contributed by atoms with Gasteiger partial charge < -0.3 is 24.3 Å². The standard InChI is InChI=1S/C22H23NO5/c24-22(23-16-6-8-18-20(12-16)28-13-27-18)21(14-3-1-2-4-14)15-5-7-17-19(11-15)26-10-9-25-17/h5-8,11-12,14,21H,1-4,9-10,13H2,(H,23,24). The predicted molar refractivity (Wildman–Crippen MR) is 103 cm³/mol. The third-order valence-corrected chi connectivity index (χ3v) is 5.72. The molecule has 6 nitrogen and oxygen atoms in total.